The predicted octanol–water partition coefficient (Wildman–Crippen LogP) is -1.33. The summed E-state index contributed by atoms with van der Waals surface area (Å²) in [5, 5.41) is 7.86. The first kappa shape index (κ1) is 31.6. The number of anilines is 2. The van der Waals surface area contributed by atoms with Gasteiger partial charge in [0.25, 0.3) is 23.3 Å². The number of piperidine rings is 1. The molecule has 0 radical (unpaired) electrons. The van der Waals surface area contributed by atoms with Gasteiger partial charge in [0.2, 0.25) is 17.7 Å². The first-order valence-electron chi connectivity index (χ1n) is 14.5. The first-order chi connectivity index (χ1) is 21.9. The summed E-state index contributed by atoms with van der Waals surface area (Å²) >= 11 is 0. The van der Waals surface area contributed by atoms with E-state index in [9.17, 15) is 38.4 Å². The van der Waals surface area contributed by atoms with E-state index in [1.165, 1.54) is 10.6 Å². The number of nitrogens with zero attached hydrogens (tertiary/aromatic N) is 4. The minimum Gasteiger partial charge on any atom is -0.384 e. The Labute approximate surface area is 259 Å². The molecule has 5 rings (SSSR count). The minimum absolute atomic E-state index is 0.0199. The van der Waals surface area contributed by atoms with Crippen LogP contribution in [0.2, 0.25) is 0 Å². The fourth-order valence-corrected chi connectivity index (χ4v) is 5.53. The second-order valence-electron chi connectivity index (χ2n) is 10.7. The number of aromatic nitrogens is 3. The number of carbonyl (C=O) groups is 6. The van der Waals surface area contributed by atoms with Crippen molar-refractivity contribution in [2.24, 2.45) is 5.73 Å². The monoisotopic (exact) mass is 633 g/mol. The van der Waals surface area contributed by atoms with Gasteiger partial charge in [-0.1, -0.05) is 6.07 Å². The van der Waals surface area contributed by atoms with Crippen LogP contribution in [-0.2, 0) is 27.5 Å². The van der Waals surface area contributed by atoms with Crippen molar-refractivity contribution in [1.29, 1.82) is 0 Å². The lowest BCUT2D eigenvalue weighted by Crippen LogP contribution is -2.54. The molecule has 2 aliphatic heterocycles. The number of pyridine rings is 1. The van der Waals surface area contributed by atoms with E-state index in [4.69, 9.17) is 11.5 Å². The molecule has 1 aromatic carbocycles. The van der Waals surface area contributed by atoms with Gasteiger partial charge in [-0.2, -0.15) is 0 Å². The van der Waals surface area contributed by atoms with Crippen LogP contribution < -0.4 is 38.7 Å². The predicted molar refractivity (Wildman–Crippen MR) is 163 cm³/mol. The lowest BCUT2D eigenvalue weighted by atomic mass is 10.0. The number of unbranched alkanes of at least 4 members (excludes halogenated alkanes) is 1. The van der Waals surface area contributed by atoms with E-state index in [0.29, 0.717) is 25.1 Å². The molecule has 0 aliphatic carbocycles. The van der Waals surface area contributed by atoms with Gasteiger partial charge in [-0.25, -0.2) is 9.78 Å². The van der Waals surface area contributed by atoms with Gasteiger partial charge in [0.05, 0.1) is 22.1 Å². The van der Waals surface area contributed by atoms with Gasteiger partial charge in [0.1, 0.15) is 18.4 Å². The molecule has 0 spiro atoms. The molecule has 1 fully saturated rings. The second kappa shape index (κ2) is 12.6. The molecule has 0 bridgehead atoms. The summed E-state index contributed by atoms with van der Waals surface area (Å²) < 4.78 is 1.91. The van der Waals surface area contributed by atoms with Crippen LogP contribution in [0.5, 0.6) is 0 Å². The molecule has 4 heterocycles. The van der Waals surface area contributed by atoms with Crippen LogP contribution in [0.1, 0.15) is 63.7 Å². The van der Waals surface area contributed by atoms with Crippen molar-refractivity contribution in [2.75, 3.05) is 24.1 Å². The van der Waals surface area contributed by atoms with Crippen molar-refractivity contribution in [1.82, 2.24) is 29.7 Å². The molecule has 1 saturated heterocycles. The van der Waals surface area contributed by atoms with Gasteiger partial charge in [0, 0.05) is 31.7 Å². The second-order valence-corrected chi connectivity index (χ2v) is 10.7. The summed E-state index contributed by atoms with van der Waals surface area (Å²) in [4.78, 5) is 105. The Morgan fingerprint density at radius 1 is 1.04 bits per heavy atom. The maximum absolute atomic E-state index is 13.2. The highest BCUT2D eigenvalue weighted by Crippen LogP contribution is 2.32. The van der Waals surface area contributed by atoms with E-state index in [1.54, 1.807) is 19.1 Å². The topological polar surface area (TPSA) is 251 Å². The minimum atomic E-state index is -1.07. The number of primary amides is 1. The highest BCUT2D eigenvalue weighted by Gasteiger charge is 2.45. The molecule has 1 atom stereocenters. The van der Waals surface area contributed by atoms with E-state index >= 15 is 0 Å². The zero-order valence-corrected chi connectivity index (χ0v) is 24.8. The van der Waals surface area contributed by atoms with Crippen molar-refractivity contribution in [2.45, 2.75) is 51.7 Å². The number of fused-ring (bicyclic) bond motifs is 2. The highest BCUT2D eigenvalue weighted by atomic mass is 16.2. The molecule has 1 unspecified atom stereocenters. The van der Waals surface area contributed by atoms with Crippen LogP contribution in [0.4, 0.5) is 11.5 Å². The van der Waals surface area contributed by atoms with Crippen molar-refractivity contribution in [3.8, 4) is 0 Å². The quantitative estimate of drug-likeness (QED) is 0.122. The fourth-order valence-electron chi connectivity index (χ4n) is 5.53. The molecule has 2 aromatic heterocycles. The lowest BCUT2D eigenvalue weighted by molar-refractivity contribution is -0.136. The number of aryl methyl sites for hydroxylation is 1. The maximum atomic E-state index is 13.2. The molecule has 3 aromatic rings. The Morgan fingerprint density at radius 2 is 1.78 bits per heavy atom. The third kappa shape index (κ3) is 5.69. The molecule has 6 amide bonds. The molecule has 17 nitrogen and oxygen atoms in total. The van der Waals surface area contributed by atoms with Crippen molar-refractivity contribution in [3.05, 3.63) is 61.8 Å². The van der Waals surface area contributed by atoms with Gasteiger partial charge in [0.15, 0.2) is 5.65 Å². The van der Waals surface area contributed by atoms with Crippen molar-refractivity contribution < 1.29 is 28.8 Å². The number of rotatable bonds is 11. The third-order valence-electron chi connectivity index (χ3n) is 7.82. The maximum Gasteiger partial charge on any atom is 0.333 e. The third-order valence-corrected chi connectivity index (χ3v) is 7.82. The van der Waals surface area contributed by atoms with Gasteiger partial charge in [-0.15, -0.1) is 0 Å². The number of imide groups is 2. The zero-order chi connectivity index (χ0) is 33.3. The largest absolute Gasteiger partial charge is 0.384 e. The number of nitrogens with two attached hydrogens (primary N) is 2. The standard InChI is InChI=1S/C29H31N9O8/c1-2-36-24-16(12-15(23(31)41)22(30)35-24)26(43)37(29(36)46)13-20(40)33-11-4-3-10-32-17-7-5-6-14-21(17)28(45)38(27(14)44)18-8-9-19(39)34-25(18)42/h5-7,12,18,32H,2-4,8-11,13H2,1H3,(H2,30,35)(H2,31,41)(H,33,40)(H,34,39,42). The summed E-state index contributed by atoms with van der Waals surface area (Å²) in [5.41, 5.74) is 10.0. The normalized spacial score (nSPS) is 16.0. The molecule has 17 heteroatoms. The number of nitrogen functional groups attached to an aromatic ring is 1. The van der Waals surface area contributed by atoms with Crippen molar-refractivity contribution >= 4 is 58.0 Å². The summed E-state index contributed by atoms with van der Waals surface area (Å²) in [6.07, 6.45) is 1.09. The number of hydrogen-bond donors (Lipinski definition) is 5. The van der Waals surface area contributed by atoms with Gasteiger partial charge >= 0.3 is 5.69 Å². The average Bonchev–Trinajstić information content (AvgIpc) is 3.26. The zero-order valence-electron chi connectivity index (χ0n) is 24.8. The number of nitrogens with one attached hydrogen (secondary N) is 3. The van der Waals surface area contributed by atoms with E-state index in [-0.39, 0.29) is 59.5 Å². The van der Waals surface area contributed by atoms with Crippen LogP contribution in [-0.4, -0.2) is 73.6 Å². The summed E-state index contributed by atoms with van der Waals surface area (Å²) in [6, 6.07) is 4.84. The number of carbonyl (C=O) groups excluding carboxylic acids is 6. The van der Waals surface area contributed by atoms with Crippen LogP contribution in [0.25, 0.3) is 11.0 Å². The molecular formula is C29H31N9O8. The number of amides is 6. The van der Waals surface area contributed by atoms with E-state index in [1.807, 2.05) is 0 Å². The van der Waals surface area contributed by atoms with E-state index in [0.717, 1.165) is 15.5 Å². The summed E-state index contributed by atoms with van der Waals surface area (Å²) in [5.74, 6) is -4.09. The van der Waals surface area contributed by atoms with E-state index in [2.05, 4.69) is 20.9 Å². The fraction of sp³-hybridized carbons (Fsp3) is 0.345. The van der Waals surface area contributed by atoms with Crippen LogP contribution in [0.3, 0.4) is 0 Å². The van der Waals surface area contributed by atoms with Crippen molar-refractivity contribution in [3.63, 3.8) is 0 Å². The molecule has 0 saturated carbocycles. The molecule has 240 valence electrons. The Bertz CT molecular complexity index is 1950. The summed E-state index contributed by atoms with van der Waals surface area (Å²) in [7, 11) is 0. The van der Waals surface area contributed by atoms with Gasteiger partial charge in [-0.05, 0) is 44.4 Å². The van der Waals surface area contributed by atoms with E-state index < -0.39 is 59.3 Å². The Balaban J connectivity index is 1.18. The van der Waals surface area contributed by atoms with Crippen LogP contribution in [0, 0.1) is 0 Å². The highest BCUT2D eigenvalue weighted by molar-refractivity contribution is 6.25. The molecule has 7 N–H and O–H groups in total. The number of benzene rings is 1. The summed E-state index contributed by atoms with van der Waals surface area (Å²) in [6.45, 7) is 1.78. The van der Waals surface area contributed by atoms with Crippen LogP contribution in [0.15, 0.2) is 33.9 Å². The lowest BCUT2D eigenvalue weighted by Gasteiger charge is -2.27. The Kier molecular flexibility index (Phi) is 8.66. The van der Waals surface area contributed by atoms with Gasteiger partial charge in [-0.3, -0.25) is 52.9 Å². The molecular weight excluding hydrogens is 602 g/mol. The van der Waals surface area contributed by atoms with Crippen LogP contribution >= 0.6 is 0 Å². The smallest absolute Gasteiger partial charge is 0.333 e. The molecule has 2 aliphatic rings. The molecule has 46 heavy (non-hydrogen) atoms. The Hall–Kier alpha value is -5.87. The van der Waals surface area contributed by atoms with Gasteiger partial charge < -0.3 is 22.1 Å². The average molecular weight is 634 g/mol. The Morgan fingerprint density at radius 3 is 2.48 bits per heavy atom. The number of hydrogen-bond acceptors (Lipinski definition) is 11. The SMILES string of the molecule is CCn1c(=O)n(CC(=O)NCCCCNc2cccc3c2C(=O)N(C2CCC(=O)NC2=O)C3=O)c(=O)c2cc(C(N)=O)c(N)nc21. The first-order valence-corrected chi connectivity index (χ1v) is 14.5.